The number of aromatic nitrogens is 2. The maximum Gasteiger partial charge on any atom is 0.352 e. The van der Waals surface area contributed by atoms with E-state index in [0.717, 1.165) is 28.7 Å². The molecule has 96 valence electrons. The second-order valence-electron chi connectivity index (χ2n) is 4.43. The molecule has 0 aliphatic rings. The van der Waals surface area contributed by atoms with Crippen molar-refractivity contribution in [2.75, 3.05) is 0 Å². The van der Waals surface area contributed by atoms with Crippen molar-refractivity contribution in [3.05, 3.63) is 48.3 Å². The van der Waals surface area contributed by atoms with Crippen LogP contribution in [-0.4, -0.2) is 20.6 Å². The van der Waals surface area contributed by atoms with E-state index in [1.54, 1.807) is 6.07 Å². The maximum atomic E-state index is 10.9. The summed E-state index contributed by atoms with van der Waals surface area (Å²) in [7, 11) is 0. The molecule has 1 aromatic carbocycles. The smallest absolute Gasteiger partial charge is 0.352 e. The van der Waals surface area contributed by atoms with Gasteiger partial charge in [-0.15, -0.1) is 0 Å². The number of rotatable bonds is 3. The number of hydrogen-bond donors (Lipinski definition) is 2. The fourth-order valence-electron chi connectivity index (χ4n) is 2.41. The average Bonchev–Trinajstić information content (AvgIpc) is 3.05. The Labute approximate surface area is 110 Å². The van der Waals surface area contributed by atoms with Gasteiger partial charge in [-0.3, -0.25) is 0 Å². The van der Waals surface area contributed by atoms with Crippen LogP contribution in [0, 0.1) is 0 Å². The molecule has 0 unspecified atom stereocenters. The topological polar surface area (TPSA) is 58.0 Å². The largest absolute Gasteiger partial charge is 0.477 e. The number of carbonyl (C=O) groups is 1. The van der Waals surface area contributed by atoms with E-state index in [1.165, 1.54) is 0 Å². The Morgan fingerprint density at radius 3 is 2.79 bits per heavy atom. The average molecular weight is 254 g/mol. The van der Waals surface area contributed by atoms with Gasteiger partial charge >= 0.3 is 5.97 Å². The van der Waals surface area contributed by atoms with E-state index in [9.17, 15) is 4.79 Å². The molecule has 0 aliphatic carbocycles. The minimum absolute atomic E-state index is 0.210. The molecule has 4 nitrogen and oxygen atoms in total. The van der Waals surface area contributed by atoms with Gasteiger partial charge in [-0.25, -0.2) is 4.79 Å². The van der Waals surface area contributed by atoms with Gasteiger partial charge in [0.2, 0.25) is 0 Å². The van der Waals surface area contributed by atoms with E-state index in [4.69, 9.17) is 5.11 Å². The molecule has 2 heterocycles. The normalized spacial score (nSPS) is 11.0. The first kappa shape index (κ1) is 11.6. The Kier molecular flexibility index (Phi) is 2.63. The number of H-pyrrole nitrogens is 1. The zero-order valence-corrected chi connectivity index (χ0v) is 10.6. The number of fused-ring (bicyclic) bond motifs is 1. The van der Waals surface area contributed by atoms with Gasteiger partial charge < -0.3 is 14.7 Å². The van der Waals surface area contributed by atoms with Crippen LogP contribution in [0.4, 0.5) is 0 Å². The number of nitrogens with zero attached hydrogens (tertiary/aromatic N) is 1. The number of aryl methyl sites for hydroxylation is 1. The van der Waals surface area contributed by atoms with E-state index in [0.29, 0.717) is 0 Å². The van der Waals surface area contributed by atoms with Crippen molar-refractivity contribution in [1.82, 2.24) is 9.55 Å². The lowest BCUT2D eigenvalue weighted by atomic mass is 10.1. The predicted octanol–water partition coefficient (Wildman–Crippen LogP) is 3.35. The van der Waals surface area contributed by atoms with Crippen LogP contribution in [0.3, 0.4) is 0 Å². The zero-order chi connectivity index (χ0) is 13.4. The summed E-state index contributed by atoms with van der Waals surface area (Å²) in [5.41, 5.74) is 3.22. The van der Waals surface area contributed by atoms with Gasteiger partial charge in [0.1, 0.15) is 5.69 Å². The van der Waals surface area contributed by atoms with E-state index >= 15 is 0 Å². The molecular weight excluding hydrogens is 240 g/mol. The van der Waals surface area contributed by atoms with Gasteiger partial charge in [0.15, 0.2) is 0 Å². The van der Waals surface area contributed by atoms with Crippen LogP contribution in [0.25, 0.3) is 22.2 Å². The van der Waals surface area contributed by atoms with E-state index in [1.807, 2.05) is 18.2 Å². The summed E-state index contributed by atoms with van der Waals surface area (Å²) in [6, 6.07) is 11.5. The number of hydrogen-bond acceptors (Lipinski definition) is 1. The number of aromatic amines is 1. The molecule has 0 atom stereocenters. The Morgan fingerprint density at radius 2 is 2.11 bits per heavy atom. The van der Waals surface area contributed by atoms with Gasteiger partial charge in [-0.2, -0.15) is 0 Å². The van der Waals surface area contributed by atoms with Gasteiger partial charge in [-0.05, 0) is 31.2 Å². The first-order valence-electron chi connectivity index (χ1n) is 6.21. The van der Waals surface area contributed by atoms with E-state index in [-0.39, 0.29) is 5.69 Å². The third kappa shape index (κ3) is 1.81. The first-order valence-corrected chi connectivity index (χ1v) is 6.21. The highest BCUT2D eigenvalue weighted by molar-refractivity contribution is 5.96. The number of nitrogens with one attached hydrogen (secondary N) is 1. The van der Waals surface area contributed by atoms with Crippen molar-refractivity contribution in [2.45, 2.75) is 13.5 Å². The summed E-state index contributed by atoms with van der Waals surface area (Å²) in [4.78, 5) is 13.9. The number of carboxylic acid groups (broad SMARTS) is 1. The highest BCUT2D eigenvalue weighted by atomic mass is 16.4. The molecular formula is C15H14N2O2. The van der Waals surface area contributed by atoms with Crippen molar-refractivity contribution < 1.29 is 9.90 Å². The minimum atomic E-state index is -0.940. The monoisotopic (exact) mass is 254 g/mol. The fourth-order valence-corrected chi connectivity index (χ4v) is 2.41. The zero-order valence-electron chi connectivity index (χ0n) is 10.6. The molecule has 3 aromatic rings. The lowest BCUT2D eigenvalue weighted by Crippen LogP contribution is -1.95. The third-order valence-corrected chi connectivity index (χ3v) is 3.36. The van der Waals surface area contributed by atoms with Gasteiger partial charge in [0, 0.05) is 34.9 Å². The number of benzene rings is 1. The van der Waals surface area contributed by atoms with Crippen molar-refractivity contribution in [1.29, 1.82) is 0 Å². The van der Waals surface area contributed by atoms with Crippen LogP contribution < -0.4 is 0 Å². The summed E-state index contributed by atoms with van der Waals surface area (Å²) in [5, 5.41) is 10.1. The Balaban J connectivity index is 2.18. The van der Waals surface area contributed by atoms with E-state index < -0.39 is 5.97 Å². The van der Waals surface area contributed by atoms with Crippen LogP contribution in [0.2, 0.25) is 0 Å². The second kappa shape index (κ2) is 4.31. The Morgan fingerprint density at radius 1 is 1.26 bits per heavy atom. The molecule has 4 heteroatoms. The summed E-state index contributed by atoms with van der Waals surface area (Å²) in [5.74, 6) is -0.940. The number of carboxylic acids is 1. The SMILES string of the molecule is CCn1ccc2c(-c3ccc(C(=O)O)[nH]3)cccc21. The van der Waals surface area contributed by atoms with Crippen molar-refractivity contribution >= 4 is 16.9 Å². The molecule has 0 aliphatic heterocycles. The van der Waals surface area contributed by atoms with Crippen LogP contribution in [-0.2, 0) is 6.54 Å². The Bertz CT molecular complexity index is 752. The molecule has 2 N–H and O–H groups in total. The van der Waals surface area contributed by atoms with Crippen molar-refractivity contribution in [3.8, 4) is 11.3 Å². The molecule has 2 aromatic heterocycles. The van der Waals surface area contributed by atoms with Crippen LogP contribution in [0.1, 0.15) is 17.4 Å². The summed E-state index contributed by atoms with van der Waals surface area (Å²) >= 11 is 0. The molecule has 0 amide bonds. The predicted molar refractivity (Wildman–Crippen MR) is 74.4 cm³/mol. The van der Waals surface area contributed by atoms with Crippen molar-refractivity contribution in [3.63, 3.8) is 0 Å². The molecule has 3 rings (SSSR count). The first-order chi connectivity index (χ1) is 9.20. The maximum absolute atomic E-state index is 10.9. The Hall–Kier alpha value is -2.49. The molecule has 0 fully saturated rings. The highest BCUT2D eigenvalue weighted by Gasteiger charge is 2.10. The standard InChI is InChI=1S/C15H14N2O2/c1-2-17-9-8-11-10(4-3-5-14(11)17)12-6-7-13(16-12)15(18)19/h3-9,16H,2H2,1H3,(H,18,19). The molecule has 0 bridgehead atoms. The second-order valence-corrected chi connectivity index (χ2v) is 4.43. The molecule has 0 saturated heterocycles. The van der Waals surface area contributed by atoms with Gasteiger partial charge in [0.25, 0.3) is 0 Å². The van der Waals surface area contributed by atoms with Gasteiger partial charge in [0.05, 0.1) is 0 Å². The number of aromatic carboxylic acids is 1. The highest BCUT2D eigenvalue weighted by Crippen LogP contribution is 2.28. The fraction of sp³-hybridized carbons (Fsp3) is 0.133. The molecule has 0 saturated carbocycles. The minimum Gasteiger partial charge on any atom is -0.477 e. The quantitative estimate of drug-likeness (QED) is 0.753. The lowest BCUT2D eigenvalue weighted by Gasteiger charge is -2.04. The third-order valence-electron chi connectivity index (χ3n) is 3.36. The van der Waals surface area contributed by atoms with Crippen LogP contribution in [0.15, 0.2) is 42.6 Å². The van der Waals surface area contributed by atoms with Gasteiger partial charge in [-0.1, -0.05) is 12.1 Å². The van der Waals surface area contributed by atoms with Crippen molar-refractivity contribution in [2.24, 2.45) is 0 Å². The van der Waals surface area contributed by atoms with E-state index in [2.05, 4.69) is 34.8 Å². The molecule has 0 radical (unpaired) electrons. The van der Waals surface area contributed by atoms with Crippen LogP contribution >= 0.6 is 0 Å². The molecule has 19 heavy (non-hydrogen) atoms. The summed E-state index contributed by atoms with van der Waals surface area (Å²) in [6.07, 6.45) is 2.05. The summed E-state index contributed by atoms with van der Waals surface area (Å²) < 4.78 is 2.17. The summed E-state index contributed by atoms with van der Waals surface area (Å²) in [6.45, 7) is 3.02. The lowest BCUT2D eigenvalue weighted by molar-refractivity contribution is 0.0691. The molecule has 0 spiro atoms. The van der Waals surface area contributed by atoms with Crippen LogP contribution in [0.5, 0.6) is 0 Å².